The number of ether oxygens (including phenoxy) is 2. The Labute approximate surface area is 73.0 Å². The molecule has 1 atom stereocenters. The number of hydrogen-bond donors (Lipinski definition) is 1. The largest absolute Gasteiger partial charge is 0.465 e. The molecule has 0 spiro atoms. The molecule has 4 heteroatoms. The van der Waals surface area contributed by atoms with Gasteiger partial charge in [-0.25, -0.2) is 0 Å². The van der Waals surface area contributed by atoms with Gasteiger partial charge in [0.2, 0.25) is 0 Å². The molecule has 0 saturated carbocycles. The van der Waals surface area contributed by atoms with Crippen molar-refractivity contribution in [2.75, 3.05) is 13.2 Å². The first-order valence-electron chi connectivity index (χ1n) is 4.11. The average Bonchev–Trinajstić information content (AvgIpc) is 2.00. The Morgan fingerprint density at radius 2 is 2.08 bits per heavy atom. The van der Waals surface area contributed by atoms with Crippen molar-refractivity contribution in [2.24, 2.45) is 5.73 Å². The fraction of sp³-hybridized carbons (Fsp3) is 0.875. The highest BCUT2D eigenvalue weighted by Gasteiger charge is 2.14. The summed E-state index contributed by atoms with van der Waals surface area (Å²) < 4.78 is 9.84. The number of hydrogen-bond acceptors (Lipinski definition) is 4. The third-order valence-corrected chi connectivity index (χ3v) is 1.20. The maximum absolute atomic E-state index is 10.9. The summed E-state index contributed by atoms with van der Waals surface area (Å²) in [6, 6.07) is -0.660. The van der Waals surface area contributed by atoms with Crippen LogP contribution in [0.3, 0.4) is 0 Å². The molecular formula is C8H17NO3. The van der Waals surface area contributed by atoms with Crippen LogP contribution >= 0.6 is 0 Å². The number of carbonyl (C=O) groups excluding carboxylic acids is 1. The molecule has 0 radical (unpaired) electrons. The summed E-state index contributed by atoms with van der Waals surface area (Å²) in [5, 5.41) is 0. The van der Waals surface area contributed by atoms with Gasteiger partial charge in [0, 0.05) is 0 Å². The molecule has 0 saturated heterocycles. The molecule has 0 fully saturated rings. The van der Waals surface area contributed by atoms with Gasteiger partial charge in [-0.2, -0.15) is 0 Å². The van der Waals surface area contributed by atoms with Crippen molar-refractivity contribution in [1.29, 1.82) is 0 Å². The van der Waals surface area contributed by atoms with E-state index in [2.05, 4.69) is 0 Å². The summed E-state index contributed by atoms with van der Waals surface area (Å²) in [5.74, 6) is -0.404. The highest BCUT2D eigenvalue weighted by molar-refractivity contribution is 5.75. The number of nitrogens with two attached hydrogens (primary N) is 1. The van der Waals surface area contributed by atoms with Crippen molar-refractivity contribution in [3.05, 3.63) is 0 Å². The first-order chi connectivity index (χ1) is 5.57. The summed E-state index contributed by atoms with van der Waals surface area (Å²) in [6.45, 7) is 6.09. The summed E-state index contributed by atoms with van der Waals surface area (Å²) in [5.41, 5.74) is 5.45. The molecule has 0 aromatic heterocycles. The lowest BCUT2D eigenvalue weighted by molar-refractivity contribution is -0.146. The summed E-state index contributed by atoms with van der Waals surface area (Å²) in [6.07, 6.45) is 0.0884. The normalized spacial score (nSPS) is 13.1. The Morgan fingerprint density at radius 1 is 1.50 bits per heavy atom. The smallest absolute Gasteiger partial charge is 0.325 e. The lowest BCUT2D eigenvalue weighted by Gasteiger charge is -2.12. The van der Waals surface area contributed by atoms with E-state index >= 15 is 0 Å². The molecular weight excluding hydrogens is 158 g/mol. The second-order valence-electron chi connectivity index (χ2n) is 2.74. The van der Waals surface area contributed by atoms with E-state index in [1.54, 1.807) is 6.92 Å². The van der Waals surface area contributed by atoms with E-state index in [-0.39, 0.29) is 12.7 Å². The molecule has 1 unspecified atom stereocenters. The van der Waals surface area contributed by atoms with E-state index in [1.807, 2.05) is 13.8 Å². The van der Waals surface area contributed by atoms with Crippen LogP contribution in [-0.2, 0) is 14.3 Å². The molecule has 0 rings (SSSR count). The Bertz CT molecular complexity index is 136. The van der Waals surface area contributed by atoms with Crippen molar-refractivity contribution >= 4 is 5.97 Å². The zero-order valence-corrected chi connectivity index (χ0v) is 7.87. The first-order valence-corrected chi connectivity index (χ1v) is 4.11. The van der Waals surface area contributed by atoms with E-state index in [9.17, 15) is 4.79 Å². The van der Waals surface area contributed by atoms with Crippen LogP contribution in [0.5, 0.6) is 0 Å². The van der Waals surface area contributed by atoms with E-state index in [1.165, 1.54) is 0 Å². The topological polar surface area (TPSA) is 61.5 Å². The summed E-state index contributed by atoms with van der Waals surface area (Å²) >= 11 is 0. The molecule has 0 aliphatic heterocycles. The van der Waals surface area contributed by atoms with Crippen LogP contribution in [0, 0.1) is 0 Å². The highest BCUT2D eigenvalue weighted by atomic mass is 16.5. The molecule has 12 heavy (non-hydrogen) atoms. The molecule has 0 bridgehead atoms. The minimum atomic E-state index is -0.660. The van der Waals surface area contributed by atoms with Gasteiger partial charge in [-0.1, -0.05) is 0 Å². The lowest BCUT2D eigenvalue weighted by atomic mass is 10.3. The molecule has 0 aliphatic rings. The summed E-state index contributed by atoms with van der Waals surface area (Å²) in [7, 11) is 0. The van der Waals surface area contributed by atoms with Crippen LogP contribution in [0.1, 0.15) is 20.8 Å². The third-order valence-electron chi connectivity index (χ3n) is 1.20. The molecule has 0 amide bonds. The van der Waals surface area contributed by atoms with Gasteiger partial charge in [0.15, 0.2) is 0 Å². The van der Waals surface area contributed by atoms with Gasteiger partial charge >= 0.3 is 5.97 Å². The van der Waals surface area contributed by atoms with Crippen LogP contribution in [0.4, 0.5) is 0 Å². The van der Waals surface area contributed by atoms with Crippen LogP contribution in [-0.4, -0.2) is 31.3 Å². The lowest BCUT2D eigenvalue weighted by Crippen LogP contribution is -2.37. The number of esters is 1. The second kappa shape index (κ2) is 5.97. The van der Waals surface area contributed by atoms with Gasteiger partial charge < -0.3 is 15.2 Å². The molecule has 0 aromatic rings. The van der Waals surface area contributed by atoms with Crippen molar-refractivity contribution in [3.8, 4) is 0 Å². The fourth-order valence-electron chi connectivity index (χ4n) is 0.613. The quantitative estimate of drug-likeness (QED) is 0.610. The van der Waals surface area contributed by atoms with Crippen LogP contribution in [0.15, 0.2) is 0 Å². The van der Waals surface area contributed by atoms with Gasteiger partial charge in [-0.3, -0.25) is 4.79 Å². The van der Waals surface area contributed by atoms with Gasteiger partial charge in [0.1, 0.15) is 6.04 Å². The molecule has 4 nitrogen and oxygen atoms in total. The van der Waals surface area contributed by atoms with Crippen molar-refractivity contribution in [3.63, 3.8) is 0 Å². The third kappa shape index (κ3) is 5.09. The predicted molar refractivity (Wildman–Crippen MR) is 45.7 cm³/mol. The Hall–Kier alpha value is -0.610. The van der Waals surface area contributed by atoms with Crippen LogP contribution in [0.2, 0.25) is 0 Å². The maximum atomic E-state index is 10.9. The van der Waals surface area contributed by atoms with Gasteiger partial charge in [-0.05, 0) is 20.8 Å². The number of carbonyl (C=O) groups is 1. The molecule has 2 N–H and O–H groups in total. The van der Waals surface area contributed by atoms with Crippen molar-refractivity contribution in [2.45, 2.75) is 32.9 Å². The predicted octanol–water partition coefficient (Wildman–Crippen LogP) is 0.302. The zero-order chi connectivity index (χ0) is 9.56. The summed E-state index contributed by atoms with van der Waals surface area (Å²) in [4.78, 5) is 10.9. The molecule has 0 heterocycles. The van der Waals surface area contributed by atoms with Crippen LogP contribution in [0.25, 0.3) is 0 Å². The minimum Gasteiger partial charge on any atom is -0.465 e. The molecule has 72 valence electrons. The van der Waals surface area contributed by atoms with E-state index in [0.29, 0.717) is 6.61 Å². The van der Waals surface area contributed by atoms with Crippen LogP contribution < -0.4 is 5.73 Å². The Morgan fingerprint density at radius 3 is 2.50 bits per heavy atom. The molecule has 0 aromatic carbocycles. The monoisotopic (exact) mass is 175 g/mol. The van der Waals surface area contributed by atoms with E-state index in [4.69, 9.17) is 15.2 Å². The number of rotatable bonds is 5. The first kappa shape index (κ1) is 11.4. The second-order valence-corrected chi connectivity index (χ2v) is 2.74. The SMILES string of the molecule is CCOC(=O)C(N)COC(C)C. The van der Waals surface area contributed by atoms with Gasteiger partial charge in [0.05, 0.1) is 19.3 Å². The van der Waals surface area contributed by atoms with Gasteiger partial charge in [0.25, 0.3) is 0 Å². The van der Waals surface area contributed by atoms with Crippen molar-refractivity contribution < 1.29 is 14.3 Å². The van der Waals surface area contributed by atoms with Gasteiger partial charge in [-0.15, -0.1) is 0 Å². The standard InChI is InChI=1S/C8H17NO3/c1-4-11-8(10)7(9)5-12-6(2)3/h6-7H,4-5,9H2,1-3H3. The van der Waals surface area contributed by atoms with Crippen molar-refractivity contribution in [1.82, 2.24) is 0 Å². The van der Waals surface area contributed by atoms with E-state index in [0.717, 1.165) is 0 Å². The average molecular weight is 175 g/mol. The minimum absolute atomic E-state index is 0.0884. The zero-order valence-electron chi connectivity index (χ0n) is 7.87. The maximum Gasteiger partial charge on any atom is 0.325 e. The fourth-order valence-corrected chi connectivity index (χ4v) is 0.613. The Kier molecular flexibility index (Phi) is 5.66. The Balaban J connectivity index is 3.56. The van der Waals surface area contributed by atoms with E-state index < -0.39 is 12.0 Å². The molecule has 0 aliphatic carbocycles. The highest BCUT2D eigenvalue weighted by Crippen LogP contribution is 1.92.